The Kier molecular flexibility index (Phi) is 4.57. The Balaban J connectivity index is 1.84. The Hall–Kier alpha value is -2.08. The first-order valence-corrected chi connectivity index (χ1v) is 6.38. The number of carbonyl (C=O) groups excluding carboxylic acids is 2. The van der Waals surface area contributed by atoms with E-state index in [4.69, 9.17) is 9.47 Å². The zero-order valence-electron chi connectivity index (χ0n) is 11.2. The van der Waals surface area contributed by atoms with Crippen LogP contribution in [0.5, 0.6) is 11.5 Å². The smallest absolute Gasteiger partial charge is 0.229 e. The van der Waals surface area contributed by atoms with Gasteiger partial charge in [-0.3, -0.25) is 14.5 Å². The molecule has 1 aliphatic rings. The van der Waals surface area contributed by atoms with Crippen molar-refractivity contribution in [3.8, 4) is 11.5 Å². The summed E-state index contributed by atoms with van der Waals surface area (Å²) < 4.78 is 10.5. The van der Waals surface area contributed by atoms with Crippen molar-refractivity contribution in [2.75, 3.05) is 20.3 Å². The van der Waals surface area contributed by atoms with Gasteiger partial charge in [-0.15, -0.1) is 0 Å². The van der Waals surface area contributed by atoms with Gasteiger partial charge >= 0.3 is 0 Å². The maximum absolute atomic E-state index is 11.4. The second-order valence-electron chi connectivity index (χ2n) is 4.54. The molecule has 0 spiro atoms. The third-order valence-corrected chi connectivity index (χ3v) is 3.03. The lowest BCUT2D eigenvalue weighted by molar-refractivity contribution is -0.140. The van der Waals surface area contributed by atoms with Gasteiger partial charge in [0.25, 0.3) is 0 Å². The summed E-state index contributed by atoms with van der Waals surface area (Å²) in [5.74, 6) is 0.732. The van der Waals surface area contributed by atoms with E-state index in [1.807, 2.05) is 0 Å². The van der Waals surface area contributed by atoms with Gasteiger partial charge in [0.15, 0.2) is 0 Å². The normalized spacial score (nSPS) is 16.4. The summed E-state index contributed by atoms with van der Waals surface area (Å²) in [6, 6.07) is 6.99. The highest BCUT2D eigenvalue weighted by Gasteiger charge is 2.30. The first-order chi connectivity index (χ1) is 9.60. The standard InChI is InChI=1S/C14H17NO5/c1-19-11-3-2-4-12(7-11)20-9-10(16)8-15-13(17)5-6-14(15)18/h2-4,7,10,16H,5-6,8-9H2,1H3. The fourth-order valence-electron chi connectivity index (χ4n) is 1.97. The Morgan fingerprint density at radius 2 is 1.90 bits per heavy atom. The number of nitrogens with zero attached hydrogens (tertiary/aromatic N) is 1. The third-order valence-electron chi connectivity index (χ3n) is 3.03. The van der Waals surface area contributed by atoms with Crippen LogP contribution in [-0.2, 0) is 9.59 Å². The summed E-state index contributed by atoms with van der Waals surface area (Å²) in [4.78, 5) is 23.9. The molecule has 1 aliphatic heterocycles. The minimum absolute atomic E-state index is 0.00419. The van der Waals surface area contributed by atoms with Crippen LogP contribution in [0, 0.1) is 0 Å². The molecule has 1 atom stereocenters. The van der Waals surface area contributed by atoms with Gasteiger partial charge in [-0.2, -0.15) is 0 Å². The van der Waals surface area contributed by atoms with Gasteiger partial charge in [0.2, 0.25) is 11.8 Å². The van der Waals surface area contributed by atoms with Crippen LogP contribution in [0.15, 0.2) is 24.3 Å². The van der Waals surface area contributed by atoms with Crippen molar-refractivity contribution in [3.05, 3.63) is 24.3 Å². The summed E-state index contributed by atoms with van der Waals surface area (Å²) in [6.45, 7) is -0.0220. The van der Waals surface area contributed by atoms with Gasteiger partial charge in [0, 0.05) is 18.9 Å². The monoisotopic (exact) mass is 279 g/mol. The number of ether oxygens (including phenoxy) is 2. The number of aliphatic hydroxyl groups is 1. The zero-order valence-corrected chi connectivity index (χ0v) is 11.2. The van der Waals surface area contributed by atoms with Crippen LogP contribution in [0.3, 0.4) is 0 Å². The number of rotatable bonds is 6. The summed E-state index contributed by atoms with van der Waals surface area (Å²) >= 11 is 0. The van der Waals surface area contributed by atoms with Crippen molar-refractivity contribution in [1.29, 1.82) is 0 Å². The van der Waals surface area contributed by atoms with E-state index in [0.717, 1.165) is 4.90 Å². The van der Waals surface area contributed by atoms with E-state index in [9.17, 15) is 14.7 Å². The quantitative estimate of drug-likeness (QED) is 0.771. The van der Waals surface area contributed by atoms with Gasteiger partial charge in [-0.05, 0) is 12.1 Å². The number of likely N-dealkylation sites (tertiary alicyclic amines) is 1. The Morgan fingerprint density at radius 1 is 1.25 bits per heavy atom. The maximum atomic E-state index is 11.4. The van der Waals surface area contributed by atoms with Gasteiger partial charge in [-0.1, -0.05) is 6.07 Å². The number of methoxy groups -OCH3 is 1. The minimum atomic E-state index is -0.910. The molecular formula is C14H17NO5. The molecule has 0 radical (unpaired) electrons. The molecule has 1 fully saturated rings. The Bertz CT molecular complexity index is 486. The molecule has 108 valence electrons. The molecule has 0 saturated carbocycles. The average molecular weight is 279 g/mol. The van der Waals surface area contributed by atoms with Crippen LogP contribution in [0.4, 0.5) is 0 Å². The van der Waals surface area contributed by atoms with Gasteiger partial charge < -0.3 is 14.6 Å². The van der Waals surface area contributed by atoms with Crippen molar-refractivity contribution in [2.24, 2.45) is 0 Å². The molecule has 20 heavy (non-hydrogen) atoms. The third kappa shape index (κ3) is 3.48. The SMILES string of the molecule is COc1cccc(OCC(O)CN2C(=O)CCC2=O)c1. The second kappa shape index (κ2) is 6.38. The highest BCUT2D eigenvalue weighted by atomic mass is 16.5. The van der Waals surface area contributed by atoms with Crippen LogP contribution in [0.25, 0.3) is 0 Å². The molecule has 1 heterocycles. The van der Waals surface area contributed by atoms with E-state index in [1.54, 1.807) is 31.4 Å². The van der Waals surface area contributed by atoms with Crippen molar-refractivity contribution >= 4 is 11.8 Å². The van der Waals surface area contributed by atoms with E-state index >= 15 is 0 Å². The summed E-state index contributed by atoms with van der Waals surface area (Å²) in [6.07, 6.45) is -0.461. The molecule has 6 nitrogen and oxygen atoms in total. The van der Waals surface area contributed by atoms with Crippen LogP contribution in [0.2, 0.25) is 0 Å². The summed E-state index contributed by atoms with van der Waals surface area (Å²) in [7, 11) is 1.55. The maximum Gasteiger partial charge on any atom is 0.229 e. The fourth-order valence-corrected chi connectivity index (χ4v) is 1.97. The average Bonchev–Trinajstić information content (AvgIpc) is 2.77. The molecule has 0 bridgehead atoms. The summed E-state index contributed by atoms with van der Waals surface area (Å²) in [5, 5.41) is 9.83. The molecule has 1 aromatic rings. The number of benzene rings is 1. The van der Waals surface area contributed by atoms with Crippen molar-refractivity contribution in [1.82, 2.24) is 4.90 Å². The fraction of sp³-hybridized carbons (Fsp3) is 0.429. The predicted octanol–water partition coefficient (Wildman–Crippen LogP) is 0.584. The number of amides is 2. The molecule has 1 saturated heterocycles. The molecule has 1 aromatic carbocycles. The van der Waals surface area contributed by atoms with Crippen LogP contribution in [-0.4, -0.2) is 48.2 Å². The van der Waals surface area contributed by atoms with E-state index in [0.29, 0.717) is 11.5 Å². The zero-order chi connectivity index (χ0) is 14.5. The highest BCUT2D eigenvalue weighted by molar-refractivity contribution is 6.01. The second-order valence-corrected chi connectivity index (χ2v) is 4.54. The number of hydrogen-bond donors (Lipinski definition) is 1. The number of aliphatic hydroxyl groups excluding tert-OH is 1. The lowest BCUT2D eigenvalue weighted by Gasteiger charge is -2.18. The lowest BCUT2D eigenvalue weighted by atomic mass is 10.3. The van der Waals surface area contributed by atoms with Gasteiger partial charge in [-0.25, -0.2) is 0 Å². The topological polar surface area (TPSA) is 76.1 Å². The number of β-amino-alcohol motifs (C(OH)–C–C–N with tert-alkyl or cyclic N) is 1. The summed E-state index contributed by atoms with van der Waals surface area (Å²) in [5.41, 5.74) is 0. The van der Waals surface area contributed by atoms with E-state index < -0.39 is 6.10 Å². The highest BCUT2D eigenvalue weighted by Crippen LogP contribution is 2.19. The Morgan fingerprint density at radius 3 is 2.55 bits per heavy atom. The van der Waals surface area contributed by atoms with Gasteiger partial charge in [0.1, 0.15) is 24.2 Å². The minimum Gasteiger partial charge on any atom is -0.497 e. The molecule has 1 unspecified atom stereocenters. The molecule has 0 aliphatic carbocycles. The number of imide groups is 1. The largest absolute Gasteiger partial charge is 0.497 e. The predicted molar refractivity (Wildman–Crippen MR) is 70.4 cm³/mol. The number of hydrogen-bond acceptors (Lipinski definition) is 5. The van der Waals surface area contributed by atoms with E-state index in [1.165, 1.54) is 0 Å². The first kappa shape index (κ1) is 14.3. The molecule has 1 N–H and O–H groups in total. The lowest BCUT2D eigenvalue weighted by Crippen LogP contribution is -2.38. The molecular weight excluding hydrogens is 262 g/mol. The molecule has 6 heteroatoms. The first-order valence-electron chi connectivity index (χ1n) is 6.38. The number of carbonyl (C=O) groups is 2. The molecule has 2 rings (SSSR count). The molecule has 2 amide bonds. The van der Waals surface area contributed by atoms with Crippen LogP contribution >= 0.6 is 0 Å². The van der Waals surface area contributed by atoms with Crippen molar-refractivity contribution in [3.63, 3.8) is 0 Å². The van der Waals surface area contributed by atoms with E-state index in [-0.39, 0.29) is 37.8 Å². The van der Waals surface area contributed by atoms with E-state index in [2.05, 4.69) is 0 Å². The van der Waals surface area contributed by atoms with Crippen molar-refractivity contribution < 1.29 is 24.2 Å². The van der Waals surface area contributed by atoms with Gasteiger partial charge in [0.05, 0.1) is 13.7 Å². The Labute approximate surface area is 116 Å². The van der Waals surface area contributed by atoms with Crippen LogP contribution < -0.4 is 9.47 Å². The molecule has 0 aromatic heterocycles. The van der Waals surface area contributed by atoms with Crippen LogP contribution in [0.1, 0.15) is 12.8 Å². The van der Waals surface area contributed by atoms with Crippen molar-refractivity contribution in [2.45, 2.75) is 18.9 Å².